The van der Waals surface area contributed by atoms with E-state index in [0.29, 0.717) is 17.4 Å². The zero-order valence-corrected chi connectivity index (χ0v) is 11.3. The molecule has 1 amide bonds. The molecule has 2 atom stereocenters. The van der Waals surface area contributed by atoms with Crippen LogP contribution in [0.1, 0.15) is 23.2 Å². The highest BCUT2D eigenvalue weighted by Gasteiger charge is 2.45. The number of hydrogen-bond donors (Lipinski definition) is 0. The van der Waals surface area contributed by atoms with Gasteiger partial charge in [0.1, 0.15) is 5.82 Å². The summed E-state index contributed by atoms with van der Waals surface area (Å²) in [6.07, 6.45) is 5.27. The Kier molecular flexibility index (Phi) is 2.77. The van der Waals surface area contributed by atoms with Gasteiger partial charge in [-0.1, -0.05) is 0 Å². The van der Waals surface area contributed by atoms with Crippen molar-refractivity contribution < 1.29 is 9.18 Å². The molecule has 2 saturated heterocycles. The summed E-state index contributed by atoms with van der Waals surface area (Å²) in [6.45, 7) is 3.87. The molecule has 4 rings (SSSR count). The lowest BCUT2D eigenvalue weighted by atomic mass is 10.0. The predicted octanol–water partition coefficient (Wildman–Crippen LogP) is 1.39. The highest BCUT2D eigenvalue weighted by molar-refractivity contribution is 5.94. The van der Waals surface area contributed by atoms with E-state index in [4.69, 9.17) is 0 Å². The van der Waals surface area contributed by atoms with Gasteiger partial charge in [-0.3, -0.25) is 14.7 Å². The molecule has 3 aliphatic rings. The van der Waals surface area contributed by atoms with Gasteiger partial charge in [-0.05, 0) is 30.7 Å². The van der Waals surface area contributed by atoms with Crippen molar-refractivity contribution in [1.29, 1.82) is 0 Å². The second kappa shape index (κ2) is 4.52. The SMILES string of the molecule is O=C(c1cncc(F)c1)N1CC2CN(C3CC3)CC2C1. The maximum atomic E-state index is 13.2. The standard InChI is InChI=1S/C15H18FN3O/c16-13-3-10(4-17-5-13)15(20)19-8-11-6-18(14-1-2-14)7-12(11)9-19/h3-5,11-12,14H,1-2,6-9H2. The quantitative estimate of drug-likeness (QED) is 0.818. The lowest BCUT2D eigenvalue weighted by Crippen LogP contribution is -2.34. The van der Waals surface area contributed by atoms with Crippen LogP contribution in [0.4, 0.5) is 4.39 Å². The molecule has 3 fully saturated rings. The minimum absolute atomic E-state index is 0.0793. The van der Waals surface area contributed by atoms with E-state index in [1.807, 2.05) is 4.90 Å². The fourth-order valence-electron chi connectivity index (χ4n) is 3.64. The Morgan fingerprint density at radius 3 is 2.45 bits per heavy atom. The number of carbonyl (C=O) groups is 1. The van der Waals surface area contributed by atoms with Gasteiger partial charge in [-0.2, -0.15) is 0 Å². The topological polar surface area (TPSA) is 36.4 Å². The molecule has 3 heterocycles. The van der Waals surface area contributed by atoms with Gasteiger partial charge in [0.05, 0.1) is 11.8 Å². The van der Waals surface area contributed by atoms with Crippen molar-refractivity contribution in [3.8, 4) is 0 Å². The van der Waals surface area contributed by atoms with Crippen molar-refractivity contribution in [3.63, 3.8) is 0 Å². The van der Waals surface area contributed by atoms with Gasteiger partial charge in [0, 0.05) is 38.4 Å². The van der Waals surface area contributed by atoms with Crippen molar-refractivity contribution in [2.45, 2.75) is 18.9 Å². The number of nitrogens with zero attached hydrogens (tertiary/aromatic N) is 3. The Balaban J connectivity index is 1.43. The van der Waals surface area contributed by atoms with E-state index in [1.54, 1.807) is 0 Å². The first kappa shape index (κ1) is 12.3. The zero-order valence-electron chi connectivity index (χ0n) is 11.3. The summed E-state index contributed by atoms with van der Waals surface area (Å²) in [6, 6.07) is 2.09. The predicted molar refractivity (Wildman–Crippen MR) is 71.7 cm³/mol. The molecule has 1 aliphatic carbocycles. The van der Waals surface area contributed by atoms with E-state index in [1.165, 1.54) is 25.1 Å². The molecule has 106 valence electrons. The average Bonchev–Trinajstić information content (AvgIpc) is 3.09. The Labute approximate surface area is 117 Å². The normalized spacial score (nSPS) is 29.8. The third-order valence-electron chi connectivity index (χ3n) is 4.82. The maximum absolute atomic E-state index is 13.2. The summed E-state index contributed by atoms with van der Waals surface area (Å²) in [5.41, 5.74) is 0.365. The highest BCUT2D eigenvalue weighted by Crippen LogP contribution is 2.38. The molecular formula is C15H18FN3O. The van der Waals surface area contributed by atoms with Gasteiger partial charge in [0.25, 0.3) is 5.91 Å². The summed E-state index contributed by atoms with van der Waals surface area (Å²) in [4.78, 5) is 20.6. The molecule has 1 aromatic rings. The molecule has 4 nitrogen and oxygen atoms in total. The van der Waals surface area contributed by atoms with Crippen molar-refractivity contribution >= 4 is 5.91 Å². The average molecular weight is 275 g/mol. The van der Waals surface area contributed by atoms with Crippen LogP contribution in [0.5, 0.6) is 0 Å². The molecule has 1 saturated carbocycles. The summed E-state index contributed by atoms with van der Waals surface area (Å²) in [5, 5.41) is 0. The third kappa shape index (κ3) is 2.10. The zero-order chi connectivity index (χ0) is 13.7. The number of pyridine rings is 1. The van der Waals surface area contributed by atoms with Gasteiger partial charge >= 0.3 is 0 Å². The summed E-state index contributed by atoms with van der Waals surface area (Å²) in [7, 11) is 0. The number of rotatable bonds is 2. The Morgan fingerprint density at radius 2 is 1.85 bits per heavy atom. The first-order valence-corrected chi connectivity index (χ1v) is 7.34. The second-order valence-electron chi connectivity index (χ2n) is 6.31. The van der Waals surface area contributed by atoms with Gasteiger partial charge in [-0.25, -0.2) is 4.39 Å². The Bertz CT molecular complexity index is 532. The molecule has 2 unspecified atom stereocenters. The van der Waals surface area contributed by atoms with Gasteiger partial charge in [0.2, 0.25) is 0 Å². The van der Waals surface area contributed by atoms with E-state index in [9.17, 15) is 9.18 Å². The van der Waals surface area contributed by atoms with E-state index in [0.717, 1.165) is 38.4 Å². The highest BCUT2D eigenvalue weighted by atomic mass is 19.1. The van der Waals surface area contributed by atoms with E-state index >= 15 is 0 Å². The molecule has 5 heteroatoms. The van der Waals surface area contributed by atoms with Crippen LogP contribution in [0.25, 0.3) is 0 Å². The van der Waals surface area contributed by atoms with Crippen LogP contribution in [0.2, 0.25) is 0 Å². The minimum Gasteiger partial charge on any atom is -0.338 e. The fraction of sp³-hybridized carbons (Fsp3) is 0.600. The number of carbonyl (C=O) groups excluding carboxylic acids is 1. The van der Waals surface area contributed by atoms with Crippen LogP contribution >= 0.6 is 0 Å². The van der Waals surface area contributed by atoms with Crippen molar-refractivity contribution in [2.24, 2.45) is 11.8 Å². The summed E-state index contributed by atoms with van der Waals surface area (Å²) >= 11 is 0. The monoisotopic (exact) mass is 275 g/mol. The Morgan fingerprint density at radius 1 is 1.15 bits per heavy atom. The Hall–Kier alpha value is -1.49. The number of fused-ring (bicyclic) bond motifs is 1. The van der Waals surface area contributed by atoms with Crippen molar-refractivity contribution in [1.82, 2.24) is 14.8 Å². The van der Waals surface area contributed by atoms with Crippen LogP contribution in [0, 0.1) is 17.7 Å². The molecule has 0 aromatic carbocycles. The minimum atomic E-state index is -0.449. The van der Waals surface area contributed by atoms with Crippen LogP contribution < -0.4 is 0 Å². The van der Waals surface area contributed by atoms with Crippen LogP contribution in [0.3, 0.4) is 0 Å². The second-order valence-corrected chi connectivity index (χ2v) is 6.31. The molecule has 20 heavy (non-hydrogen) atoms. The molecular weight excluding hydrogens is 257 g/mol. The molecule has 0 N–H and O–H groups in total. The van der Waals surface area contributed by atoms with Crippen LogP contribution in [0.15, 0.2) is 18.5 Å². The van der Waals surface area contributed by atoms with Gasteiger partial charge in [0.15, 0.2) is 0 Å². The maximum Gasteiger partial charge on any atom is 0.255 e. The first-order valence-electron chi connectivity index (χ1n) is 7.34. The summed E-state index contributed by atoms with van der Waals surface area (Å²) in [5.74, 6) is 0.668. The molecule has 2 aliphatic heterocycles. The number of halogens is 1. The lowest BCUT2D eigenvalue weighted by molar-refractivity contribution is 0.0772. The van der Waals surface area contributed by atoms with Crippen LogP contribution in [-0.2, 0) is 0 Å². The third-order valence-corrected chi connectivity index (χ3v) is 4.82. The summed E-state index contributed by atoms with van der Waals surface area (Å²) < 4.78 is 13.2. The fourth-order valence-corrected chi connectivity index (χ4v) is 3.64. The van der Waals surface area contributed by atoms with E-state index < -0.39 is 5.82 Å². The number of hydrogen-bond acceptors (Lipinski definition) is 3. The first-order chi connectivity index (χ1) is 9.70. The van der Waals surface area contributed by atoms with E-state index in [-0.39, 0.29) is 5.91 Å². The number of aromatic nitrogens is 1. The number of amides is 1. The lowest BCUT2D eigenvalue weighted by Gasteiger charge is -2.21. The smallest absolute Gasteiger partial charge is 0.255 e. The van der Waals surface area contributed by atoms with Crippen molar-refractivity contribution in [2.75, 3.05) is 26.2 Å². The van der Waals surface area contributed by atoms with Crippen LogP contribution in [-0.4, -0.2) is 52.9 Å². The van der Waals surface area contributed by atoms with Gasteiger partial charge < -0.3 is 4.90 Å². The van der Waals surface area contributed by atoms with Gasteiger partial charge in [-0.15, -0.1) is 0 Å². The van der Waals surface area contributed by atoms with Crippen molar-refractivity contribution in [3.05, 3.63) is 29.8 Å². The van der Waals surface area contributed by atoms with E-state index in [2.05, 4.69) is 9.88 Å². The molecule has 1 aromatic heterocycles. The molecule has 0 radical (unpaired) electrons. The molecule has 0 bridgehead atoms. The largest absolute Gasteiger partial charge is 0.338 e. The number of likely N-dealkylation sites (tertiary alicyclic amines) is 2. The molecule has 0 spiro atoms.